The molecule has 0 aliphatic carbocycles. The highest BCUT2D eigenvalue weighted by Gasteiger charge is 2.22. The van der Waals surface area contributed by atoms with Crippen molar-refractivity contribution in [1.29, 1.82) is 0 Å². The fourth-order valence-corrected chi connectivity index (χ4v) is 4.42. The van der Waals surface area contributed by atoms with E-state index in [0.29, 0.717) is 22.3 Å². The molecule has 0 spiro atoms. The smallest absolute Gasteiger partial charge is 0.270 e. The lowest BCUT2D eigenvalue weighted by atomic mass is 9.89. The molecular formula is C21H18N2O7S2. The van der Waals surface area contributed by atoms with E-state index in [1.807, 2.05) is 0 Å². The number of primary amides is 1. The van der Waals surface area contributed by atoms with Crippen LogP contribution in [-0.2, 0) is 32.9 Å². The molecule has 0 saturated carbocycles. The van der Waals surface area contributed by atoms with Crippen molar-refractivity contribution in [3.63, 3.8) is 0 Å². The summed E-state index contributed by atoms with van der Waals surface area (Å²) in [5.41, 5.74) is 7.36. The summed E-state index contributed by atoms with van der Waals surface area (Å²) in [6, 6.07) is 15.0. The fraction of sp³-hybridized carbons (Fsp3) is 0.0952. The van der Waals surface area contributed by atoms with E-state index in [1.165, 1.54) is 24.3 Å². The quantitative estimate of drug-likeness (QED) is 0.257. The van der Waals surface area contributed by atoms with Gasteiger partial charge in [0.2, 0.25) is 5.91 Å². The Morgan fingerprint density at radius 3 is 1.59 bits per heavy atom. The summed E-state index contributed by atoms with van der Waals surface area (Å²) < 4.78 is 44.5. The summed E-state index contributed by atoms with van der Waals surface area (Å²) in [7, 11) is -5.40. The Hall–Kier alpha value is -3.57. The zero-order chi connectivity index (χ0) is 23.4. The zero-order valence-corrected chi connectivity index (χ0v) is 18.3. The molecule has 0 heterocycles. The van der Waals surface area contributed by atoms with Crippen LogP contribution in [0.5, 0.6) is 0 Å². The summed E-state index contributed by atoms with van der Waals surface area (Å²) in [5.74, 6) is -1.30. The highest BCUT2D eigenvalue weighted by atomic mass is 32.2. The number of hydrogen-bond acceptors (Lipinski definition) is 7. The first-order chi connectivity index (χ1) is 15.2. The summed E-state index contributed by atoms with van der Waals surface area (Å²) in [6.45, 7) is 0. The molecule has 0 radical (unpaired) electrons. The van der Waals surface area contributed by atoms with Crippen LogP contribution < -0.4 is 5.73 Å². The number of nitrogens with zero attached hydrogens (tertiary/aromatic N) is 1. The molecule has 166 valence electrons. The Labute approximate surface area is 186 Å². The number of carbonyl (C=O) groups excluding carboxylic acids is 1. The third-order valence-electron chi connectivity index (χ3n) is 4.68. The van der Waals surface area contributed by atoms with Crippen LogP contribution in [0.4, 0.5) is 5.69 Å². The van der Waals surface area contributed by atoms with Gasteiger partial charge in [-0.2, -0.15) is 0 Å². The highest BCUT2D eigenvalue weighted by Crippen LogP contribution is 2.37. The van der Waals surface area contributed by atoms with Crippen molar-refractivity contribution in [2.75, 3.05) is 0 Å². The highest BCUT2D eigenvalue weighted by molar-refractivity contribution is 7.71. The van der Waals surface area contributed by atoms with Crippen molar-refractivity contribution in [2.45, 2.75) is 11.5 Å². The molecule has 0 fully saturated rings. The fourth-order valence-electron chi connectivity index (χ4n) is 3.43. The van der Waals surface area contributed by atoms with Gasteiger partial charge in [-0.25, -0.2) is 16.8 Å². The molecule has 3 aromatic rings. The van der Waals surface area contributed by atoms with Crippen LogP contribution in [-0.4, -0.2) is 27.7 Å². The van der Waals surface area contributed by atoms with E-state index >= 15 is 0 Å². The van der Waals surface area contributed by atoms with Gasteiger partial charge in [-0.1, -0.05) is 48.5 Å². The minimum atomic E-state index is -2.70. The summed E-state index contributed by atoms with van der Waals surface area (Å²) in [6.07, 6.45) is 0. The van der Waals surface area contributed by atoms with Crippen LogP contribution >= 0.6 is 0 Å². The van der Waals surface area contributed by atoms with E-state index < -0.39 is 32.2 Å². The maximum Gasteiger partial charge on any atom is 0.270 e. The van der Waals surface area contributed by atoms with Gasteiger partial charge in [0.1, 0.15) is 21.4 Å². The van der Waals surface area contributed by atoms with Crippen LogP contribution in [0.2, 0.25) is 0 Å². The van der Waals surface area contributed by atoms with Crippen molar-refractivity contribution in [2.24, 2.45) is 5.73 Å². The van der Waals surface area contributed by atoms with Gasteiger partial charge in [0.05, 0.1) is 22.0 Å². The number of nitro benzene ring substituents is 1. The number of benzene rings is 3. The molecule has 0 unspecified atom stereocenters. The Morgan fingerprint density at radius 2 is 1.25 bits per heavy atom. The van der Waals surface area contributed by atoms with Gasteiger partial charge < -0.3 is 5.73 Å². The van der Waals surface area contributed by atoms with Gasteiger partial charge in [-0.15, -0.1) is 0 Å². The molecule has 0 aromatic heterocycles. The van der Waals surface area contributed by atoms with Crippen LogP contribution in [0.3, 0.4) is 0 Å². The van der Waals surface area contributed by atoms with Crippen LogP contribution in [0.25, 0.3) is 22.3 Å². The molecule has 1 amide bonds. The number of carbonyl (C=O) groups is 1. The molecule has 0 atom stereocenters. The molecule has 11 heteroatoms. The number of nitrogens with two attached hydrogens (primary N) is 1. The second-order valence-electron chi connectivity index (χ2n) is 6.92. The van der Waals surface area contributed by atoms with Gasteiger partial charge >= 0.3 is 0 Å². The monoisotopic (exact) mass is 474 g/mol. The Bertz CT molecular complexity index is 1270. The molecular weight excluding hydrogens is 456 g/mol. The van der Waals surface area contributed by atoms with Crippen LogP contribution in [0.1, 0.15) is 21.5 Å². The average molecular weight is 475 g/mol. The van der Waals surface area contributed by atoms with Crippen molar-refractivity contribution in [3.05, 3.63) is 87.5 Å². The van der Waals surface area contributed by atoms with Gasteiger partial charge in [0, 0.05) is 23.3 Å². The first-order valence-corrected chi connectivity index (χ1v) is 11.9. The van der Waals surface area contributed by atoms with Crippen LogP contribution in [0.15, 0.2) is 60.7 Å². The van der Waals surface area contributed by atoms with Crippen molar-refractivity contribution in [1.82, 2.24) is 0 Å². The van der Waals surface area contributed by atoms with Gasteiger partial charge in [-0.05, 0) is 22.3 Å². The van der Waals surface area contributed by atoms with E-state index in [0.717, 1.165) is 0 Å². The Morgan fingerprint density at radius 1 is 0.812 bits per heavy atom. The van der Waals surface area contributed by atoms with Crippen molar-refractivity contribution < 1.29 is 26.6 Å². The lowest BCUT2D eigenvalue weighted by Gasteiger charge is -2.14. The summed E-state index contributed by atoms with van der Waals surface area (Å²) in [4.78, 5) is 23.4. The third kappa shape index (κ3) is 5.37. The lowest BCUT2D eigenvalue weighted by Crippen LogP contribution is -2.14. The van der Waals surface area contributed by atoms with E-state index in [-0.39, 0.29) is 33.9 Å². The molecule has 0 aliphatic rings. The average Bonchev–Trinajstić information content (AvgIpc) is 2.72. The molecule has 0 bridgehead atoms. The SMILES string of the molecule is NC(=O)c1c(-c2cccc(C[SH](=O)=O)c2)cc([N+](=O)[O-])cc1-c1cccc(C[SH](=O)=O)c1. The normalized spacial score (nSPS) is 11.1. The topological polar surface area (TPSA) is 155 Å². The van der Waals surface area contributed by atoms with Gasteiger partial charge in [0.25, 0.3) is 5.69 Å². The van der Waals surface area contributed by atoms with E-state index in [9.17, 15) is 31.7 Å². The molecule has 32 heavy (non-hydrogen) atoms. The second kappa shape index (κ2) is 9.71. The first kappa shape index (κ1) is 23.1. The van der Waals surface area contributed by atoms with Crippen molar-refractivity contribution in [3.8, 4) is 22.3 Å². The maximum absolute atomic E-state index is 12.5. The van der Waals surface area contributed by atoms with Crippen LogP contribution in [0, 0.1) is 10.1 Å². The Balaban J connectivity index is 2.31. The zero-order valence-electron chi connectivity index (χ0n) is 16.5. The molecule has 9 nitrogen and oxygen atoms in total. The van der Waals surface area contributed by atoms with Gasteiger partial charge in [0.15, 0.2) is 0 Å². The van der Waals surface area contributed by atoms with E-state index in [2.05, 4.69) is 0 Å². The maximum atomic E-state index is 12.5. The van der Waals surface area contributed by atoms with Gasteiger partial charge in [-0.3, -0.25) is 14.9 Å². The summed E-state index contributed by atoms with van der Waals surface area (Å²) in [5, 5.41) is 11.6. The molecule has 3 aromatic carbocycles. The number of rotatable bonds is 8. The minimum Gasteiger partial charge on any atom is -0.366 e. The second-order valence-corrected chi connectivity index (χ2v) is 8.88. The molecule has 3 rings (SSSR count). The standard InChI is InChI=1S/C21H18N2O7S2/c22-21(24)20-18(15-5-1-3-13(7-15)11-31(27)28)9-17(23(25)26)10-19(20)16-6-2-4-14(8-16)12-32(29)30/h1-10,31-32H,11-12H2,(H2,22,24). The number of nitro groups is 1. The number of hydrogen-bond donors (Lipinski definition) is 3. The predicted molar refractivity (Wildman–Crippen MR) is 121 cm³/mol. The van der Waals surface area contributed by atoms with Crippen molar-refractivity contribution >= 4 is 33.0 Å². The largest absolute Gasteiger partial charge is 0.366 e. The molecule has 0 aliphatic heterocycles. The lowest BCUT2D eigenvalue weighted by molar-refractivity contribution is -0.384. The number of amides is 1. The third-order valence-corrected chi connectivity index (χ3v) is 5.93. The molecule has 0 saturated heterocycles. The number of thiol groups is 2. The molecule has 2 N–H and O–H groups in total. The Kier molecular flexibility index (Phi) is 7.01. The summed E-state index contributed by atoms with van der Waals surface area (Å²) >= 11 is 0. The van der Waals surface area contributed by atoms with E-state index in [1.54, 1.807) is 36.4 Å². The first-order valence-electron chi connectivity index (χ1n) is 9.20. The number of non-ortho nitro benzene ring substituents is 1. The minimum absolute atomic E-state index is 0.00271. The predicted octanol–water partition coefficient (Wildman–Crippen LogP) is 2.25. The van der Waals surface area contributed by atoms with E-state index in [4.69, 9.17) is 5.73 Å².